The van der Waals surface area contributed by atoms with Crippen LogP contribution in [0.5, 0.6) is 0 Å². The van der Waals surface area contributed by atoms with Crippen molar-refractivity contribution in [1.82, 2.24) is 0 Å². The van der Waals surface area contributed by atoms with Gasteiger partial charge in [0.1, 0.15) is 5.60 Å². The lowest BCUT2D eigenvalue weighted by Gasteiger charge is -2.56. The van der Waals surface area contributed by atoms with Gasteiger partial charge >= 0.3 is 0 Å². The zero-order valence-corrected chi connectivity index (χ0v) is 20.4. The number of hydrogen-bond acceptors (Lipinski definition) is 3. The van der Waals surface area contributed by atoms with Crippen molar-refractivity contribution in [2.75, 3.05) is 0 Å². The Morgan fingerprint density at radius 2 is 1.84 bits per heavy atom. The van der Waals surface area contributed by atoms with Crippen molar-refractivity contribution < 1.29 is 15.0 Å². The molecule has 3 heteroatoms. The number of carbonyl (C=O) groups excluding carboxylic acids is 1. The monoisotopic (exact) mass is 426 g/mol. The van der Waals surface area contributed by atoms with E-state index >= 15 is 0 Å². The molecule has 0 saturated heterocycles. The van der Waals surface area contributed by atoms with E-state index in [-0.39, 0.29) is 17.6 Å². The summed E-state index contributed by atoms with van der Waals surface area (Å²) in [5.41, 5.74) is 2.09. The molecule has 7 atom stereocenters. The van der Waals surface area contributed by atoms with E-state index < -0.39 is 17.1 Å². The molecule has 0 unspecified atom stereocenters. The van der Waals surface area contributed by atoms with E-state index in [1.165, 1.54) is 16.7 Å². The lowest BCUT2D eigenvalue weighted by Crippen LogP contribution is -2.61. The van der Waals surface area contributed by atoms with Crippen molar-refractivity contribution in [3.05, 3.63) is 34.9 Å². The van der Waals surface area contributed by atoms with Crippen molar-refractivity contribution in [3.63, 3.8) is 0 Å². The summed E-state index contributed by atoms with van der Waals surface area (Å²) in [5, 5.41) is 21.7. The van der Waals surface area contributed by atoms with E-state index in [4.69, 9.17) is 0 Å². The number of aliphatic hydroxyl groups is 2. The molecule has 4 rings (SSSR count). The minimum Gasteiger partial charge on any atom is -0.393 e. The number of ketones is 1. The first kappa shape index (κ1) is 23.0. The topological polar surface area (TPSA) is 57.5 Å². The summed E-state index contributed by atoms with van der Waals surface area (Å²) >= 11 is 0. The fraction of sp³-hybridized carbons (Fsp3) is 0.750. The van der Waals surface area contributed by atoms with Crippen molar-refractivity contribution >= 4 is 5.78 Å². The van der Waals surface area contributed by atoms with Gasteiger partial charge in [0.15, 0.2) is 5.78 Å². The van der Waals surface area contributed by atoms with Gasteiger partial charge in [-0.1, -0.05) is 65.3 Å². The molecule has 0 aromatic rings. The summed E-state index contributed by atoms with van der Waals surface area (Å²) < 4.78 is 0. The highest BCUT2D eigenvalue weighted by atomic mass is 16.3. The highest BCUT2D eigenvalue weighted by Crippen LogP contribution is 2.64. The van der Waals surface area contributed by atoms with Crippen LogP contribution in [-0.4, -0.2) is 27.7 Å². The quantitative estimate of drug-likeness (QED) is 0.561. The second-order valence-corrected chi connectivity index (χ2v) is 11.9. The van der Waals surface area contributed by atoms with Crippen LogP contribution in [0, 0.1) is 34.5 Å². The number of hydrogen-bond donors (Lipinski definition) is 2. The van der Waals surface area contributed by atoms with E-state index in [0.717, 1.165) is 19.3 Å². The Labute approximate surface area is 188 Å². The summed E-state index contributed by atoms with van der Waals surface area (Å²) in [6.45, 7) is 13.7. The normalized spacial score (nSPS) is 42.4. The maximum Gasteiger partial charge on any atom is 0.169 e. The van der Waals surface area contributed by atoms with Gasteiger partial charge in [-0.25, -0.2) is 0 Å². The van der Waals surface area contributed by atoms with Gasteiger partial charge in [-0.2, -0.15) is 0 Å². The molecule has 0 radical (unpaired) electrons. The Hall–Kier alpha value is -1.19. The van der Waals surface area contributed by atoms with Gasteiger partial charge in [0.25, 0.3) is 0 Å². The fourth-order valence-electron chi connectivity index (χ4n) is 7.20. The number of aliphatic hydroxyl groups excluding tert-OH is 1. The number of fused-ring (bicyclic) bond motifs is 4. The number of Topliss-reactive ketones (excluding diaryl/α,β-unsaturated/α-hetero) is 1. The predicted molar refractivity (Wildman–Crippen MR) is 125 cm³/mol. The van der Waals surface area contributed by atoms with Gasteiger partial charge in [-0.05, 0) is 72.3 Å². The first-order valence-electron chi connectivity index (χ1n) is 12.5. The minimum atomic E-state index is -1.40. The molecule has 4 aliphatic rings. The molecule has 2 N–H and O–H groups in total. The number of carbonyl (C=O) groups is 1. The number of allylic oxidation sites excluding steroid dienone is 5. The molecule has 1 fully saturated rings. The number of rotatable bonds is 4. The summed E-state index contributed by atoms with van der Waals surface area (Å²) in [6, 6.07) is 0. The van der Waals surface area contributed by atoms with E-state index in [1.54, 1.807) is 0 Å². The standard InChI is InChI=1S/C28H42O3/c1-17(2)18(3)7-8-19(4)22-9-10-23-21-15-25(30)28(31)16-20(29)11-14-27(28,6)24(21)12-13-26(22,23)5/h7-8,10,17-20,22,29,31H,9,11-16H2,1-6H3/b8-7+/t18-,19+,20-,22+,26+,27+,28-/m0/s1. The third-order valence-corrected chi connectivity index (χ3v) is 9.88. The molecule has 0 aliphatic heterocycles. The molecule has 0 heterocycles. The van der Waals surface area contributed by atoms with Gasteiger partial charge in [0.2, 0.25) is 0 Å². The third-order valence-electron chi connectivity index (χ3n) is 9.88. The SMILES string of the molecule is CC(C)[C@@H](C)/C=C/[C@@H](C)[C@H]1CC=C2C3=C(CC[C@@]21C)[C@@]1(C)CC[C@H](O)C[C@]1(O)C(=O)C3. The van der Waals surface area contributed by atoms with Crippen LogP contribution in [0.15, 0.2) is 34.9 Å². The van der Waals surface area contributed by atoms with Gasteiger partial charge in [0, 0.05) is 18.3 Å². The molecule has 0 spiro atoms. The van der Waals surface area contributed by atoms with Gasteiger partial charge < -0.3 is 10.2 Å². The molecule has 1 saturated carbocycles. The summed E-state index contributed by atoms with van der Waals surface area (Å²) in [5.74, 6) is 2.21. The van der Waals surface area contributed by atoms with E-state index in [2.05, 4.69) is 59.8 Å². The van der Waals surface area contributed by atoms with Crippen molar-refractivity contribution in [2.45, 2.75) is 98.2 Å². The Balaban J connectivity index is 1.65. The van der Waals surface area contributed by atoms with E-state index in [9.17, 15) is 15.0 Å². The maximum atomic E-state index is 13.3. The van der Waals surface area contributed by atoms with Crippen LogP contribution in [0.25, 0.3) is 0 Å². The van der Waals surface area contributed by atoms with Crippen LogP contribution in [0.4, 0.5) is 0 Å². The molecule has 0 aromatic carbocycles. The Morgan fingerprint density at radius 3 is 2.52 bits per heavy atom. The summed E-state index contributed by atoms with van der Waals surface area (Å²) in [6.07, 6.45) is 11.6. The summed E-state index contributed by atoms with van der Waals surface area (Å²) in [4.78, 5) is 13.3. The lowest BCUT2D eigenvalue weighted by atomic mass is 9.49. The van der Waals surface area contributed by atoms with Crippen LogP contribution in [0.3, 0.4) is 0 Å². The molecule has 31 heavy (non-hydrogen) atoms. The van der Waals surface area contributed by atoms with Gasteiger partial charge in [0.05, 0.1) is 6.10 Å². The molecule has 0 amide bonds. The highest BCUT2D eigenvalue weighted by molar-refractivity contribution is 5.94. The molecule has 3 nitrogen and oxygen atoms in total. The van der Waals surface area contributed by atoms with E-state index in [0.29, 0.717) is 42.9 Å². The summed E-state index contributed by atoms with van der Waals surface area (Å²) in [7, 11) is 0. The van der Waals surface area contributed by atoms with E-state index in [1.807, 2.05) is 0 Å². The first-order chi connectivity index (χ1) is 14.4. The average molecular weight is 427 g/mol. The Bertz CT molecular complexity index is 848. The zero-order valence-electron chi connectivity index (χ0n) is 20.4. The minimum absolute atomic E-state index is 0.0835. The van der Waals surface area contributed by atoms with Crippen LogP contribution in [-0.2, 0) is 4.79 Å². The Kier molecular flexibility index (Phi) is 5.71. The van der Waals surface area contributed by atoms with Crippen LogP contribution in [0.2, 0.25) is 0 Å². The molecular formula is C28H42O3. The predicted octanol–water partition coefficient (Wildman–Crippen LogP) is 5.77. The zero-order chi connectivity index (χ0) is 22.8. The van der Waals surface area contributed by atoms with Gasteiger partial charge in [-0.3, -0.25) is 4.79 Å². The van der Waals surface area contributed by atoms with Crippen molar-refractivity contribution in [2.24, 2.45) is 34.5 Å². The van der Waals surface area contributed by atoms with Crippen LogP contribution >= 0.6 is 0 Å². The first-order valence-corrected chi connectivity index (χ1v) is 12.5. The highest BCUT2D eigenvalue weighted by Gasteiger charge is 2.62. The maximum absolute atomic E-state index is 13.3. The van der Waals surface area contributed by atoms with Crippen LogP contribution < -0.4 is 0 Å². The molecular weight excluding hydrogens is 384 g/mol. The van der Waals surface area contributed by atoms with Gasteiger partial charge in [-0.15, -0.1) is 0 Å². The third kappa shape index (κ3) is 3.33. The molecule has 172 valence electrons. The molecule has 0 aromatic heterocycles. The lowest BCUT2D eigenvalue weighted by molar-refractivity contribution is -0.166. The second-order valence-electron chi connectivity index (χ2n) is 11.9. The van der Waals surface area contributed by atoms with Crippen molar-refractivity contribution in [1.29, 1.82) is 0 Å². The Morgan fingerprint density at radius 1 is 1.13 bits per heavy atom. The van der Waals surface area contributed by atoms with Crippen LogP contribution in [0.1, 0.15) is 86.5 Å². The fourth-order valence-corrected chi connectivity index (χ4v) is 7.20. The molecule has 0 bridgehead atoms. The largest absolute Gasteiger partial charge is 0.393 e. The molecule has 4 aliphatic carbocycles. The smallest absolute Gasteiger partial charge is 0.169 e. The average Bonchev–Trinajstić information content (AvgIpc) is 3.05. The van der Waals surface area contributed by atoms with Crippen molar-refractivity contribution in [3.8, 4) is 0 Å². The second kappa shape index (κ2) is 7.70.